The van der Waals surface area contributed by atoms with Gasteiger partial charge in [0.25, 0.3) is 0 Å². The molecule has 0 amide bonds. The van der Waals surface area contributed by atoms with Crippen molar-refractivity contribution >= 4 is 11.6 Å². The van der Waals surface area contributed by atoms with Crippen molar-refractivity contribution in [3.8, 4) is 0 Å². The minimum Gasteiger partial charge on any atom is -0.371 e. The van der Waals surface area contributed by atoms with E-state index in [1.54, 1.807) is 0 Å². The van der Waals surface area contributed by atoms with Crippen molar-refractivity contribution in [3.63, 3.8) is 0 Å². The number of nitrogens with zero attached hydrogens (tertiary/aromatic N) is 2. The lowest BCUT2D eigenvalue weighted by Gasteiger charge is -2.07. The van der Waals surface area contributed by atoms with E-state index in [2.05, 4.69) is 0 Å². The highest BCUT2D eigenvalue weighted by molar-refractivity contribution is 6.18. The number of aliphatic hydroxyl groups is 1. The van der Waals surface area contributed by atoms with Crippen LogP contribution in [0.15, 0.2) is 0 Å². The Morgan fingerprint density at radius 2 is 2.33 bits per heavy atom. The van der Waals surface area contributed by atoms with E-state index in [4.69, 9.17) is 16.7 Å². The largest absolute Gasteiger partial charge is 0.371 e. The fourth-order valence-electron chi connectivity index (χ4n) is 0.302. The molecule has 0 spiro atoms. The molecule has 0 atom stereocenters. The second-order valence-electron chi connectivity index (χ2n) is 1.30. The normalized spacial score (nSPS) is 9.11. The molecule has 0 radical (unpaired) electrons. The fourth-order valence-corrected chi connectivity index (χ4v) is 0.497. The third-order valence-electron chi connectivity index (χ3n) is 0.737. The van der Waals surface area contributed by atoms with E-state index in [1.165, 1.54) is 0 Å². The molecule has 0 aliphatic heterocycles. The number of hydrogen-bond donors (Lipinski definition) is 1. The van der Waals surface area contributed by atoms with Crippen molar-refractivity contribution in [1.29, 1.82) is 0 Å². The number of aliphatic hydroxyl groups excluding tert-OH is 1. The van der Waals surface area contributed by atoms with E-state index in [9.17, 15) is 10.1 Å². The summed E-state index contributed by atoms with van der Waals surface area (Å²) in [5.41, 5.74) is 0. The van der Waals surface area contributed by atoms with Gasteiger partial charge in [0.15, 0.2) is 11.8 Å². The van der Waals surface area contributed by atoms with Crippen LogP contribution in [-0.4, -0.2) is 34.3 Å². The van der Waals surface area contributed by atoms with Gasteiger partial charge in [0.2, 0.25) is 0 Å². The zero-order chi connectivity index (χ0) is 7.28. The van der Waals surface area contributed by atoms with Crippen molar-refractivity contribution in [2.45, 2.75) is 0 Å². The number of hydrogen-bond acceptors (Lipinski definition) is 3. The smallest absolute Gasteiger partial charge is 0.173 e. The second kappa shape index (κ2) is 4.34. The molecule has 1 N–H and O–H groups in total. The Hall–Kier alpha value is -0.550. The van der Waals surface area contributed by atoms with Crippen molar-refractivity contribution in [2.24, 2.45) is 0 Å². The molecule has 0 saturated carbocycles. The summed E-state index contributed by atoms with van der Waals surface area (Å²) in [7, 11) is 0. The Morgan fingerprint density at radius 1 is 1.78 bits per heavy atom. The summed E-state index contributed by atoms with van der Waals surface area (Å²) in [5.74, 6) is 0.140. The molecule has 0 aliphatic carbocycles. The highest BCUT2D eigenvalue weighted by Crippen LogP contribution is 1.86. The van der Waals surface area contributed by atoms with Gasteiger partial charge in [-0.25, -0.2) is 10.1 Å². The maximum absolute atomic E-state index is 9.83. The van der Waals surface area contributed by atoms with E-state index in [0.29, 0.717) is 5.01 Å². The first kappa shape index (κ1) is 8.45. The van der Waals surface area contributed by atoms with Crippen molar-refractivity contribution in [3.05, 3.63) is 10.1 Å². The maximum atomic E-state index is 9.83. The van der Waals surface area contributed by atoms with Crippen molar-refractivity contribution in [1.82, 2.24) is 5.01 Å². The molecular weight excluding hydrogens is 147 g/mol. The van der Waals surface area contributed by atoms with Gasteiger partial charge in [-0.05, 0) is 0 Å². The van der Waals surface area contributed by atoms with Crippen molar-refractivity contribution in [2.75, 3.05) is 19.2 Å². The minimum absolute atomic E-state index is 0.0606. The Balaban J connectivity index is 3.54. The molecule has 0 aromatic carbocycles. The zero-order valence-corrected chi connectivity index (χ0v) is 5.41. The Bertz CT molecular complexity index is 99.1. The van der Waals surface area contributed by atoms with E-state index in [1.807, 2.05) is 0 Å². The quantitative estimate of drug-likeness (QED) is 0.261. The van der Waals surface area contributed by atoms with Crippen LogP contribution in [0, 0.1) is 10.1 Å². The molecule has 0 saturated heterocycles. The standard InChI is InChI=1S/C3H7ClN2O3/c4-1-2-5(3-7)6(8)9/h7H,1-3H2. The molecule has 9 heavy (non-hydrogen) atoms. The predicted molar refractivity (Wildman–Crippen MR) is 31.5 cm³/mol. The summed E-state index contributed by atoms with van der Waals surface area (Å²) >= 11 is 5.16. The molecule has 0 aromatic rings. The van der Waals surface area contributed by atoms with Gasteiger partial charge < -0.3 is 5.11 Å². The third kappa shape index (κ3) is 3.10. The van der Waals surface area contributed by atoms with Gasteiger partial charge in [0.1, 0.15) is 0 Å². The summed E-state index contributed by atoms with van der Waals surface area (Å²) in [6.45, 7) is -0.537. The van der Waals surface area contributed by atoms with Crippen LogP contribution in [0.25, 0.3) is 0 Å². The molecule has 0 rings (SSSR count). The minimum atomic E-state index is -0.692. The Kier molecular flexibility index (Phi) is 4.08. The fraction of sp³-hybridized carbons (Fsp3) is 1.00. The van der Waals surface area contributed by atoms with Crippen LogP contribution in [0.4, 0.5) is 0 Å². The predicted octanol–water partition coefficient (Wildman–Crippen LogP) is -0.331. The third-order valence-corrected chi connectivity index (χ3v) is 0.906. The summed E-state index contributed by atoms with van der Waals surface area (Å²) < 4.78 is 0. The number of hydrazine groups is 1. The summed E-state index contributed by atoms with van der Waals surface area (Å²) in [6.07, 6.45) is 0. The lowest BCUT2D eigenvalue weighted by Crippen LogP contribution is -2.32. The molecule has 0 bridgehead atoms. The summed E-state index contributed by atoms with van der Waals surface area (Å²) in [6, 6.07) is 0. The number of alkyl halides is 1. The topological polar surface area (TPSA) is 66.6 Å². The van der Waals surface area contributed by atoms with Crippen LogP contribution in [0.2, 0.25) is 0 Å². The van der Waals surface area contributed by atoms with E-state index < -0.39 is 11.8 Å². The average Bonchev–Trinajstić information content (AvgIpc) is 1.82. The van der Waals surface area contributed by atoms with E-state index in [0.717, 1.165) is 0 Å². The van der Waals surface area contributed by atoms with Gasteiger partial charge in [0.05, 0.1) is 6.54 Å². The SMILES string of the molecule is O=[N+]([O-])N(CO)CCCl. The second-order valence-corrected chi connectivity index (χ2v) is 1.68. The van der Waals surface area contributed by atoms with Crippen LogP contribution in [0.5, 0.6) is 0 Å². The number of halogens is 1. The number of rotatable bonds is 4. The monoisotopic (exact) mass is 154 g/mol. The molecular formula is C3H7ClN2O3. The van der Waals surface area contributed by atoms with Gasteiger partial charge in [-0.15, -0.1) is 16.6 Å². The lowest BCUT2D eigenvalue weighted by molar-refractivity contribution is -0.662. The van der Waals surface area contributed by atoms with E-state index in [-0.39, 0.29) is 12.4 Å². The summed E-state index contributed by atoms with van der Waals surface area (Å²) in [5, 5.41) is 18.0. The zero-order valence-electron chi connectivity index (χ0n) is 4.66. The van der Waals surface area contributed by atoms with Crippen LogP contribution in [0.1, 0.15) is 0 Å². The first-order valence-corrected chi connectivity index (χ1v) is 2.82. The first-order valence-electron chi connectivity index (χ1n) is 2.28. The molecule has 5 nitrogen and oxygen atoms in total. The summed E-state index contributed by atoms with van der Waals surface area (Å²) in [4.78, 5) is 9.83. The van der Waals surface area contributed by atoms with Crippen LogP contribution in [-0.2, 0) is 0 Å². The first-order chi connectivity index (χ1) is 4.22. The Morgan fingerprint density at radius 3 is 2.44 bits per heavy atom. The van der Waals surface area contributed by atoms with Gasteiger partial charge in [-0.1, -0.05) is 0 Å². The average molecular weight is 155 g/mol. The lowest BCUT2D eigenvalue weighted by atomic mass is 10.7. The highest BCUT2D eigenvalue weighted by Gasteiger charge is 2.09. The molecule has 0 fully saturated rings. The van der Waals surface area contributed by atoms with Gasteiger partial charge in [0, 0.05) is 5.88 Å². The molecule has 0 aliphatic rings. The van der Waals surface area contributed by atoms with Gasteiger partial charge in [-0.3, -0.25) is 0 Å². The maximum Gasteiger partial charge on any atom is 0.173 e. The van der Waals surface area contributed by atoms with Crippen LogP contribution >= 0.6 is 11.6 Å². The van der Waals surface area contributed by atoms with Crippen LogP contribution < -0.4 is 0 Å². The molecule has 6 heteroatoms. The van der Waals surface area contributed by atoms with Crippen molar-refractivity contribution < 1.29 is 10.1 Å². The highest BCUT2D eigenvalue weighted by atomic mass is 35.5. The molecule has 0 heterocycles. The molecule has 54 valence electrons. The van der Waals surface area contributed by atoms with Gasteiger partial charge >= 0.3 is 0 Å². The molecule has 0 unspecified atom stereocenters. The van der Waals surface area contributed by atoms with E-state index >= 15 is 0 Å². The van der Waals surface area contributed by atoms with Gasteiger partial charge in [-0.2, -0.15) is 0 Å². The number of nitro groups is 1. The Labute approximate surface area is 56.9 Å². The molecule has 0 aromatic heterocycles. The van der Waals surface area contributed by atoms with Crippen LogP contribution in [0.3, 0.4) is 0 Å².